The second kappa shape index (κ2) is 8.84. The number of fused-ring (bicyclic) bond motifs is 2. The molecule has 2 amide bonds. The maximum atomic E-state index is 13.8. The van der Waals surface area contributed by atoms with E-state index in [4.69, 9.17) is 26.5 Å². The predicted molar refractivity (Wildman–Crippen MR) is 138 cm³/mol. The maximum Gasteiger partial charge on any atom is 0.295 e. The molecule has 182 valence electrons. The van der Waals surface area contributed by atoms with Crippen molar-refractivity contribution in [2.45, 2.75) is 26.8 Å². The van der Waals surface area contributed by atoms with Gasteiger partial charge >= 0.3 is 0 Å². The van der Waals surface area contributed by atoms with Crippen LogP contribution in [0.5, 0.6) is 5.75 Å². The minimum absolute atomic E-state index is 0.00602. The molecule has 2 heterocycles. The number of nitrogens with zero attached hydrogens (tertiary/aromatic N) is 1. The van der Waals surface area contributed by atoms with Crippen molar-refractivity contribution in [1.29, 1.82) is 0 Å². The van der Waals surface area contributed by atoms with E-state index in [0.29, 0.717) is 33.0 Å². The molecule has 1 unspecified atom stereocenters. The van der Waals surface area contributed by atoms with Gasteiger partial charge < -0.3 is 14.9 Å². The fourth-order valence-corrected chi connectivity index (χ4v) is 4.62. The molecule has 0 saturated carbocycles. The molecule has 1 aromatic heterocycles. The van der Waals surface area contributed by atoms with Crippen LogP contribution in [0.25, 0.3) is 11.0 Å². The summed E-state index contributed by atoms with van der Waals surface area (Å²) >= 11 is 6.40. The summed E-state index contributed by atoms with van der Waals surface area (Å²) < 4.78 is 11.4. The molecule has 8 heteroatoms. The standard InChI is InChI=1S/C28H23ClN2O5/c1-14-4-7-18(12-21(14)29)31-25(17-5-8-19(9-6-17)35-13-23(30)32)24-26(33)20-10-15(2)16(3)11-22(20)36-27(24)28(31)34/h4-12,25H,13H2,1-3H3,(H2,30,32). The number of ether oxygens (including phenoxy) is 1. The van der Waals surface area contributed by atoms with Gasteiger partial charge in [-0.3, -0.25) is 19.3 Å². The highest BCUT2D eigenvalue weighted by molar-refractivity contribution is 6.31. The Morgan fingerprint density at radius 1 is 1.00 bits per heavy atom. The lowest BCUT2D eigenvalue weighted by Crippen LogP contribution is -2.29. The van der Waals surface area contributed by atoms with Crippen molar-refractivity contribution in [2.24, 2.45) is 5.73 Å². The fraction of sp³-hybridized carbons (Fsp3) is 0.179. The van der Waals surface area contributed by atoms with Gasteiger partial charge in [-0.05, 0) is 79.4 Å². The summed E-state index contributed by atoms with van der Waals surface area (Å²) in [6.45, 7) is 5.47. The number of benzene rings is 3. The first kappa shape index (κ1) is 23.6. The summed E-state index contributed by atoms with van der Waals surface area (Å²) in [6, 6.07) is 15.0. The Morgan fingerprint density at radius 3 is 2.36 bits per heavy atom. The summed E-state index contributed by atoms with van der Waals surface area (Å²) in [5.41, 5.74) is 9.51. The summed E-state index contributed by atoms with van der Waals surface area (Å²) in [4.78, 5) is 40.1. The van der Waals surface area contributed by atoms with Gasteiger partial charge in [-0.2, -0.15) is 0 Å². The topological polar surface area (TPSA) is 103 Å². The zero-order valence-corrected chi connectivity index (χ0v) is 20.7. The minimum atomic E-state index is -0.751. The molecule has 1 atom stereocenters. The van der Waals surface area contributed by atoms with E-state index in [9.17, 15) is 14.4 Å². The van der Waals surface area contributed by atoms with Gasteiger partial charge in [0.2, 0.25) is 5.76 Å². The molecule has 0 aliphatic carbocycles. The van der Waals surface area contributed by atoms with Crippen LogP contribution < -0.4 is 20.8 Å². The Morgan fingerprint density at radius 2 is 1.69 bits per heavy atom. The SMILES string of the molecule is Cc1cc2oc3c(c(=O)c2cc1C)C(c1ccc(OCC(N)=O)cc1)N(c1ccc(C)c(Cl)c1)C3=O. The van der Waals surface area contributed by atoms with Crippen molar-refractivity contribution in [2.75, 3.05) is 11.5 Å². The molecule has 36 heavy (non-hydrogen) atoms. The lowest BCUT2D eigenvalue weighted by Gasteiger charge is -2.25. The third-order valence-corrected chi connectivity index (χ3v) is 6.90. The number of rotatable bonds is 5. The number of carbonyl (C=O) groups excluding carboxylic acids is 2. The Kier molecular flexibility index (Phi) is 5.80. The van der Waals surface area contributed by atoms with E-state index < -0.39 is 17.9 Å². The van der Waals surface area contributed by atoms with E-state index in [1.807, 2.05) is 26.8 Å². The molecular formula is C28H23ClN2O5. The zero-order valence-electron chi connectivity index (χ0n) is 19.9. The number of halogens is 1. The Labute approximate surface area is 212 Å². The normalized spacial score (nSPS) is 14.8. The van der Waals surface area contributed by atoms with Crippen LogP contribution in [-0.2, 0) is 4.79 Å². The van der Waals surface area contributed by atoms with E-state index in [1.54, 1.807) is 48.5 Å². The minimum Gasteiger partial charge on any atom is -0.484 e. The van der Waals surface area contributed by atoms with E-state index >= 15 is 0 Å². The van der Waals surface area contributed by atoms with Crippen LogP contribution in [0.15, 0.2) is 63.8 Å². The van der Waals surface area contributed by atoms with Crippen LogP contribution >= 0.6 is 11.6 Å². The first-order valence-electron chi connectivity index (χ1n) is 11.3. The summed E-state index contributed by atoms with van der Waals surface area (Å²) in [5, 5.41) is 0.917. The van der Waals surface area contributed by atoms with Crippen LogP contribution in [-0.4, -0.2) is 18.4 Å². The number of nitrogens with two attached hydrogens (primary N) is 1. The largest absolute Gasteiger partial charge is 0.484 e. The van der Waals surface area contributed by atoms with Crippen molar-refractivity contribution in [3.8, 4) is 5.75 Å². The van der Waals surface area contributed by atoms with Crippen molar-refractivity contribution < 1.29 is 18.7 Å². The van der Waals surface area contributed by atoms with Crippen LogP contribution in [0.3, 0.4) is 0 Å². The van der Waals surface area contributed by atoms with Crippen LogP contribution in [0, 0.1) is 20.8 Å². The third-order valence-electron chi connectivity index (χ3n) is 6.50. The lowest BCUT2D eigenvalue weighted by molar-refractivity contribution is -0.119. The first-order valence-corrected chi connectivity index (χ1v) is 11.7. The highest BCUT2D eigenvalue weighted by Gasteiger charge is 2.43. The van der Waals surface area contributed by atoms with Gasteiger partial charge in [0.1, 0.15) is 11.3 Å². The molecule has 0 radical (unpaired) electrons. The molecular weight excluding hydrogens is 480 g/mol. The predicted octanol–water partition coefficient (Wildman–Crippen LogP) is 4.99. The van der Waals surface area contributed by atoms with Crippen molar-refractivity contribution >= 4 is 40.1 Å². The number of amides is 2. The van der Waals surface area contributed by atoms with E-state index in [0.717, 1.165) is 16.7 Å². The number of hydrogen-bond donors (Lipinski definition) is 1. The van der Waals surface area contributed by atoms with Crippen LogP contribution in [0.4, 0.5) is 5.69 Å². The molecule has 0 fully saturated rings. The Balaban J connectivity index is 1.72. The monoisotopic (exact) mass is 502 g/mol. The van der Waals surface area contributed by atoms with Crippen LogP contribution in [0.2, 0.25) is 5.02 Å². The average Bonchev–Trinajstić information content (AvgIpc) is 3.13. The molecule has 2 N–H and O–H groups in total. The molecule has 4 aromatic rings. The van der Waals surface area contributed by atoms with Gasteiger partial charge in [-0.25, -0.2) is 0 Å². The quantitative estimate of drug-likeness (QED) is 0.414. The van der Waals surface area contributed by atoms with Gasteiger partial charge in [0.25, 0.3) is 11.8 Å². The van der Waals surface area contributed by atoms with Gasteiger partial charge in [0.15, 0.2) is 12.0 Å². The fourth-order valence-electron chi connectivity index (χ4n) is 4.44. The van der Waals surface area contributed by atoms with Crippen molar-refractivity contribution in [3.63, 3.8) is 0 Å². The second-order valence-corrected chi connectivity index (χ2v) is 9.35. The van der Waals surface area contributed by atoms with E-state index in [-0.39, 0.29) is 23.4 Å². The maximum absolute atomic E-state index is 13.8. The number of primary amides is 1. The van der Waals surface area contributed by atoms with E-state index in [2.05, 4.69) is 0 Å². The molecule has 0 bridgehead atoms. The zero-order chi connectivity index (χ0) is 25.7. The smallest absolute Gasteiger partial charge is 0.295 e. The highest BCUT2D eigenvalue weighted by atomic mass is 35.5. The molecule has 7 nitrogen and oxygen atoms in total. The molecule has 0 saturated heterocycles. The lowest BCUT2D eigenvalue weighted by atomic mass is 9.97. The van der Waals surface area contributed by atoms with E-state index in [1.165, 1.54) is 4.90 Å². The van der Waals surface area contributed by atoms with Gasteiger partial charge in [-0.15, -0.1) is 0 Å². The number of hydrogen-bond acceptors (Lipinski definition) is 5. The number of anilines is 1. The Hall–Kier alpha value is -4.10. The second-order valence-electron chi connectivity index (χ2n) is 8.94. The van der Waals surface area contributed by atoms with Gasteiger partial charge in [0, 0.05) is 10.7 Å². The average molecular weight is 503 g/mol. The van der Waals surface area contributed by atoms with Crippen molar-refractivity contribution in [3.05, 3.63) is 103 Å². The molecule has 5 rings (SSSR count). The summed E-state index contributed by atoms with van der Waals surface area (Å²) in [6.07, 6.45) is 0. The highest BCUT2D eigenvalue weighted by Crippen LogP contribution is 2.42. The number of carbonyl (C=O) groups is 2. The Bertz CT molecular complexity index is 1610. The van der Waals surface area contributed by atoms with Gasteiger partial charge in [0.05, 0.1) is 17.0 Å². The van der Waals surface area contributed by atoms with Gasteiger partial charge in [-0.1, -0.05) is 29.8 Å². The first-order chi connectivity index (χ1) is 17.2. The van der Waals surface area contributed by atoms with Crippen molar-refractivity contribution in [1.82, 2.24) is 0 Å². The number of aryl methyl sites for hydroxylation is 3. The molecule has 1 aliphatic heterocycles. The van der Waals surface area contributed by atoms with Crippen LogP contribution in [0.1, 0.15) is 44.4 Å². The molecule has 1 aliphatic rings. The molecule has 3 aromatic carbocycles. The molecule has 0 spiro atoms. The third kappa shape index (κ3) is 3.91. The summed E-state index contributed by atoms with van der Waals surface area (Å²) in [5.74, 6) is -0.580. The summed E-state index contributed by atoms with van der Waals surface area (Å²) in [7, 11) is 0.